The van der Waals surface area contributed by atoms with Gasteiger partial charge in [0.25, 0.3) is 0 Å². The van der Waals surface area contributed by atoms with Crippen molar-refractivity contribution in [2.24, 2.45) is 0 Å². The van der Waals surface area contributed by atoms with E-state index in [1.807, 2.05) is 72.8 Å². The maximum atomic E-state index is 8.65. The van der Waals surface area contributed by atoms with Gasteiger partial charge in [-0.3, -0.25) is 0 Å². The molecule has 0 spiro atoms. The molecule has 34 heavy (non-hydrogen) atoms. The zero-order chi connectivity index (χ0) is 27.0. The first-order valence-corrected chi connectivity index (χ1v) is 11.2. The Kier molecular flexibility index (Phi) is 3.23. The zero-order valence-corrected chi connectivity index (χ0v) is 18.5. The summed E-state index contributed by atoms with van der Waals surface area (Å²) in [6.45, 7) is 0. The number of fused-ring (bicyclic) bond motifs is 6. The fourth-order valence-corrected chi connectivity index (χ4v) is 4.97. The highest BCUT2D eigenvalue weighted by molar-refractivity contribution is 6.29. The number of hydrogen-bond donors (Lipinski definition) is 0. The summed E-state index contributed by atoms with van der Waals surface area (Å²) < 4.78 is 43.6. The van der Waals surface area contributed by atoms with Crippen LogP contribution in [0.5, 0.6) is 0 Å². The molecule has 2 heterocycles. The van der Waals surface area contributed by atoms with Crippen molar-refractivity contribution in [3.63, 3.8) is 0 Å². The molecule has 7 aromatic rings. The lowest BCUT2D eigenvalue weighted by Gasteiger charge is -2.10. The Hall–Kier alpha value is -4.21. The molecule has 0 unspecified atom stereocenters. The molecular formula is C30H18ClN3. The molecule has 4 heteroatoms. The number of hydrogen-bond acceptors (Lipinski definition) is 2. The summed E-state index contributed by atoms with van der Waals surface area (Å²) >= 11 is 6.30. The van der Waals surface area contributed by atoms with Crippen LogP contribution in [0.2, 0.25) is 5.28 Å². The van der Waals surface area contributed by atoms with Gasteiger partial charge in [-0.2, -0.15) is 0 Å². The van der Waals surface area contributed by atoms with Crippen molar-refractivity contribution in [3.05, 3.63) is 114 Å². The monoisotopic (exact) mass is 460 g/mol. The highest BCUT2D eigenvalue weighted by Crippen LogP contribution is 2.38. The molecule has 160 valence electrons. The highest BCUT2D eigenvalue weighted by atomic mass is 35.5. The third-order valence-electron chi connectivity index (χ3n) is 6.21. The maximum absolute atomic E-state index is 8.65. The lowest BCUT2D eigenvalue weighted by molar-refractivity contribution is 1.18. The van der Waals surface area contributed by atoms with E-state index in [1.54, 1.807) is 4.57 Å². The van der Waals surface area contributed by atoms with E-state index >= 15 is 0 Å². The second-order valence-corrected chi connectivity index (χ2v) is 8.42. The largest absolute Gasteiger partial charge is 0.309 e. The topological polar surface area (TPSA) is 30.7 Å². The number of rotatable bonds is 2. The third-order valence-corrected chi connectivity index (χ3v) is 6.38. The Morgan fingerprint density at radius 1 is 0.706 bits per heavy atom. The number of nitrogens with zero attached hydrogens (tertiary/aromatic N) is 3. The summed E-state index contributed by atoms with van der Waals surface area (Å²) in [4.78, 5) is 8.92. The van der Waals surface area contributed by atoms with Crippen LogP contribution >= 0.6 is 11.6 Å². The fourth-order valence-electron chi connectivity index (χ4n) is 4.80. The minimum Gasteiger partial charge on any atom is -0.309 e. The molecule has 0 atom stereocenters. The molecule has 0 aliphatic rings. The van der Waals surface area contributed by atoms with Crippen LogP contribution < -0.4 is 0 Å². The van der Waals surface area contributed by atoms with E-state index in [0.717, 1.165) is 54.7 Å². The summed E-state index contributed by atoms with van der Waals surface area (Å²) in [5, 5.41) is 4.83. The summed E-state index contributed by atoms with van der Waals surface area (Å²) in [6, 6.07) is 23.8. The zero-order valence-electron chi connectivity index (χ0n) is 22.7. The van der Waals surface area contributed by atoms with Crippen LogP contribution in [0.15, 0.2) is 109 Å². The highest BCUT2D eigenvalue weighted by Gasteiger charge is 2.16. The molecule has 7 rings (SSSR count). The fraction of sp³-hybridized carbons (Fsp3) is 0. The van der Waals surface area contributed by atoms with Gasteiger partial charge >= 0.3 is 0 Å². The lowest BCUT2D eigenvalue weighted by atomic mass is 9.99. The van der Waals surface area contributed by atoms with E-state index < -0.39 is 6.04 Å². The van der Waals surface area contributed by atoms with E-state index in [1.165, 1.54) is 0 Å². The third kappa shape index (κ3) is 2.84. The summed E-state index contributed by atoms with van der Waals surface area (Å²) in [5.74, 6) is 0. The van der Waals surface area contributed by atoms with Crippen LogP contribution in [-0.4, -0.2) is 14.5 Å². The van der Waals surface area contributed by atoms with Crippen molar-refractivity contribution in [2.45, 2.75) is 0 Å². The van der Waals surface area contributed by atoms with E-state index in [-0.39, 0.29) is 35.1 Å². The minimum absolute atomic E-state index is 0.122. The van der Waals surface area contributed by atoms with Gasteiger partial charge in [0, 0.05) is 27.4 Å². The van der Waals surface area contributed by atoms with Crippen LogP contribution in [0, 0.1) is 0 Å². The number of aromatic nitrogens is 3. The minimum atomic E-state index is -0.416. The van der Waals surface area contributed by atoms with E-state index in [0.29, 0.717) is 0 Å². The second-order valence-electron chi connectivity index (χ2n) is 8.08. The predicted octanol–water partition coefficient (Wildman–Crippen LogP) is 8.20. The van der Waals surface area contributed by atoms with Gasteiger partial charge < -0.3 is 4.57 Å². The molecule has 0 saturated heterocycles. The number of benzene rings is 5. The Morgan fingerprint density at radius 3 is 2.35 bits per heavy atom. The molecule has 0 amide bonds. The van der Waals surface area contributed by atoms with Gasteiger partial charge in [-0.15, -0.1) is 0 Å². The first kappa shape index (κ1) is 14.8. The smallest absolute Gasteiger partial charge is 0.223 e. The Morgan fingerprint density at radius 2 is 1.47 bits per heavy atom. The molecule has 0 aliphatic heterocycles. The van der Waals surface area contributed by atoms with Crippen LogP contribution in [0.4, 0.5) is 0 Å². The number of para-hydroxylation sites is 3. The molecule has 3 nitrogen and oxygen atoms in total. The van der Waals surface area contributed by atoms with Gasteiger partial charge in [0.2, 0.25) is 5.28 Å². The summed E-state index contributed by atoms with van der Waals surface area (Å²) in [6.07, 6.45) is 0. The predicted molar refractivity (Wildman–Crippen MR) is 142 cm³/mol. The molecule has 0 saturated carbocycles. The normalized spacial score (nSPS) is 13.7. The molecule has 2 aromatic heterocycles. The van der Waals surface area contributed by atoms with Crippen molar-refractivity contribution in [3.8, 4) is 16.9 Å². The molecular weight excluding hydrogens is 438 g/mol. The molecule has 0 N–H and O–H groups in total. The molecule has 5 aromatic carbocycles. The average molecular weight is 461 g/mol. The molecule has 0 radical (unpaired) electrons. The van der Waals surface area contributed by atoms with Gasteiger partial charge in [0.1, 0.15) is 0 Å². The van der Waals surface area contributed by atoms with E-state index in [4.69, 9.17) is 18.5 Å². The van der Waals surface area contributed by atoms with E-state index in [9.17, 15) is 0 Å². The SMILES string of the molecule is [2H]c1c([2H])c([2H])c(-n2c3ccccc3c3c4cc(-c5nc(Cl)nc6ccccc56)ccc4ccc32)c([2H])c1[2H]. The lowest BCUT2D eigenvalue weighted by Crippen LogP contribution is -1.93. The standard InChI is InChI=1S/C30H18ClN3/c31-30-32-25-12-6-4-10-22(25)29(33-30)20-15-14-19-16-17-27-28(24(19)18-20)23-11-5-7-13-26(23)34(27)21-8-2-1-3-9-21/h1-18H/i1D,2D,3D,8D,9D. The average Bonchev–Trinajstić information content (AvgIpc) is 3.29. The quantitative estimate of drug-likeness (QED) is 0.243. The number of halogens is 1. The van der Waals surface area contributed by atoms with Crippen LogP contribution in [0.25, 0.3) is 60.4 Å². The van der Waals surface area contributed by atoms with Gasteiger partial charge in [-0.25, -0.2) is 9.97 Å². The van der Waals surface area contributed by atoms with E-state index in [2.05, 4.69) is 16.0 Å². The van der Waals surface area contributed by atoms with Gasteiger partial charge in [-0.1, -0.05) is 72.7 Å². The van der Waals surface area contributed by atoms with Crippen molar-refractivity contribution >= 4 is 55.1 Å². The van der Waals surface area contributed by atoms with Crippen molar-refractivity contribution in [2.75, 3.05) is 0 Å². The van der Waals surface area contributed by atoms with Crippen molar-refractivity contribution in [1.29, 1.82) is 0 Å². The Balaban J connectivity index is 1.61. The Bertz CT molecular complexity index is 2130. The van der Waals surface area contributed by atoms with Gasteiger partial charge in [-0.05, 0) is 58.7 Å². The molecule has 0 bridgehead atoms. The second kappa shape index (κ2) is 7.41. The van der Waals surface area contributed by atoms with Crippen LogP contribution in [0.1, 0.15) is 6.85 Å². The molecule has 0 aliphatic carbocycles. The maximum Gasteiger partial charge on any atom is 0.223 e. The first-order valence-electron chi connectivity index (χ1n) is 13.3. The first-order chi connectivity index (χ1) is 18.8. The Labute approximate surface area is 207 Å². The van der Waals surface area contributed by atoms with Crippen LogP contribution in [-0.2, 0) is 0 Å². The van der Waals surface area contributed by atoms with Crippen molar-refractivity contribution < 1.29 is 6.85 Å². The summed E-state index contributed by atoms with van der Waals surface area (Å²) in [7, 11) is 0. The van der Waals surface area contributed by atoms with Gasteiger partial charge in [0.15, 0.2) is 0 Å². The molecule has 0 fully saturated rings. The van der Waals surface area contributed by atoms with Gasteiger partial charge in [0.05, 0.1) is 29.1 Å². The van der Waals surface area contributed by atoms with Crippen molar-refractivity contribution in [1.82, 2.24) is 14.5 Å². The van der Waals surface area contributed by atoms with Crippen LogP contribution in [0.3, 0.4) is 0 Å². The summed E-state index contributed by atoms with van der Waals surface area (Å²) in [5.41, 5.74) is 3.96.